The van der Waals surface area contributed by atoms with Crippen LogP contribution in [0.1, 0.15) is 13.8 Å². The molecule has 0 unspecified atom stereocenters. The van der Waals surface area contributed by atoms with Gasteiger partial charge in [-0.05, 0) is 11.5 Å². The molecule has 0 aliphatic rings. The van der Waals surface area contributed by atoms with Gasteiger partial charge >= 0.3 is 0 Å². The van der Waals surface area contributed by atoms with Gasteiger partial charge in [-0.2, -0.15) is 0 Å². The molecule has 0 fully saturated rings. The summed E-state index contributed by atoms with van der Waals surface area (Å²) in [7, 11) is 0. The van der Waals surface area contributed by atoms with Crippen molar-refractivity contribution in [2.24, 2.45) is 0 Å². The fraction of sp³-hybridized carbons (Fsp3) is 0.929. The first kappa shape index (κ1) is 27.3. The summed E-state index contributed by atoms with van der Waals surface area (Å²) in [4.78, 5) is 9.76. The van der Waals surface area contributed by atoms with Crippen LogP contribution in [-0.2, 0) is 4.79 Å². The Morgan fingerprint density at radius 3 is 1.48 bits per heavy atom. The van der Waals surface area contributed by atoms with Gasteiger partial charge in [0.05, 0.1) is 17.8 Å². The molecule has 9 nitrogen and oxygen atoms in total. The minimum Gasteiger partial charge on any atom is -0.394 e. The molecule has 6 atom stereocenters. The number of rotatable bonds is 12. The quantitative estimate of drug-likeness (QED) is 0.123. The Labute approximate surface area is 155 Å². The molecular formula is C14H30O9S2. The highest BCUT2D eigenvalue weighted by Crippen LogP contribution is 2.28. The van der Waals surface area contributed by atoms with Crippen molar-refractivity contribution in [3.63, 3.8) is 0 Å². The van der Waals surface area contributed by atoms with Crippen LogP contribution < -0.4 is 0 Å². The lowest BCUT2D eigenvalue weighted by Gasteiger charge is -2.27. The highest BCUT2D eigenvalue weighted by molar-refractivity contribution is 8.17. The van der Waals surface area contributed by atoms with Crippen molar-refractivity contribution in [3.8, 4) is 0 Å². The van der Waals surface area contributed by atoms with E-state index in [2.05, 4.69) is 0 Å². The lowest BCUT2D eigenvalue weighted by atomic mass is 10.1. The maximum absolute atomic E-state index is 9.78. The van der Waals surface area contributed by atoms with Gasteiger partial charge in [0.25, 0.3) is 0 Å². The zero-order valence-electron chi connectivity index (χ0n) is 14.2. The molecular weight excluding hydrogens is 376 g/mol. The molecule has 8 N–H and O–H groups in total. The van der Waals surface area contributed by atoms with E-state index in [1.165, 1.54) is 23.5 Å². The minimum atomic E-state index is -1.64. The SMILES string of the molecule is CCSC(SCC)[C@@H](O)[C@H](O)[C@H](O)CO.O=C[C@@H](O)[C@H](O)[C@H](O)CO. The molecule has 0 aliphatic heterocycles. The fourth-order valence-electron chi connectivity index (χ4n) is 1.49. The summed E-state index contributed by atoms with van der Waals surface area (Å²) in [5.74, 6) is 1.66. The Kier molecular flexibility index (Phi) is 17.7. The summed E-state index contributed by atoms with van der Waals surface area (Å²) >= 11 is 3.05. The standard InChI is InChI=1S/C9H20O4S2.C5H10O5/c1-3-14-9(15-4-2)8(13)7(12)6(11)5-10;6-1-3(8)5(10)4(9)2-7/h6-13H,3-5H2,1-2H3;1,3-5,7-10H,2H2/t6-,7-,8+;3-,4-,5+/m11/s1. The van der Waals surface area contributed by atoms with E-state index in [1.807, 2.05) is 13.8 Å². The Morgan fingerprint density at radius 2 is 1.16 bits per heavy atom. The van der Waals surface area contributed by atoms with Crippen molar-refractivity contribution in [2.75, 3.05) is 24.7 Å². The van der Waals surface area contributed by atoms with Gasteiger partial charge in [-0.25, -0.2) is 0 Å². The number of carbonyl (C=O) groups is 1. The molecule has 25 heavy (non-hydrogen) atoms. The molecule has 0 saturated carbocycles. The normalized spacial score (nSPS) is 18.5. The average molecular weight is 407 g/mol. The number of hydrogen-bond donors (Lipinski definition) is 8. The van der Waals surface area contributed by atoms with Gasteiger partial charge < -0.3 is 45.6 Å². The molecule has 0 saturated heterocycles. The number of aliphatic hydroxyl groups is 8. The van der Waals surface area contributed by atoms with E-state index < -0.39 is 49.8 Å². The lowest BCUT2D eigenvalue weighted by Crippen LogP contribution is -2.44. The van der Waals surface area contributed by atoms with Crippen LogP contribution in [0, 0.1) is 0 Å². The Hall–Kier alpha value is 0.0500. The van der Waals surface area contributed by atoms with Crippen LogP contribution in [-0.4, -0.2) is 113 Å². The zero-order valence-corrected chi connectivity index (χ0v) is 15.9. The second kappa shape index (κ2) is 16.2. The van der Waals surface area contributed by atoms with Gasteiger partial charge in [0.15, 0.2) is 6.29 Å². The predicted molar refractivity (Wildman–Crippen MR) is 96.3 cm³/mol. The van der Waals surface area contributed by atoms with Crippen molar-refractivity contribution in [1.29, 1.82) is 0 Å². The van der Waals surface area contributed by atoms with Crippen LogP contribution in [0.25, 0.3) is 0 Å². The second-order valence-corrected chi connectivity index (χ2v) is 8.01. The number of aliphatic hydroxyl groups excluding tert-OH is 8. The van der Waals surface area contributed by atoms with Crippen LogP contribution in [0.3, 0.4) is 0 Å². The van der Waals surface area contributed by atoms with E-state index in [4.69, 9.17) is 25.5 Å². The lowest BCUT2D eigenvalue weighted by molar-refractivity contribution is -0.127. The summed E-state index contributed by atoms with van der Waals surface area (Å²) < 4.78 is -0.170. The number of carbonyl (C=O) groups excluding carboxylic acids is 1. The van der Waals surface area contributed by atoms with Gasteiger partial charge in [-0.1, -0.05) is 13.8 Å². The molecule has 0 bridgehead atoms. The molecule has 0 spiro atoms. The molecule has 11 heteroatoms. The van der Waals surface area contributed by atoms with Crippen LogP contribution in [0.5, 0.6) is 0 Å². The van der Waals surface area contributed by atoms with E-state index in [0.29, 0.717) is 0 Å². The molecule has 0 heterocycles. The molecule has 0 aromatic rings. The van der Waals surface area contributed by atoms with Gasteiger partial charge in [0.1, 0.15) is 36.6 Å². The van der Waals surface area contributed by atoms with E-state index in [1.54, 1.807) is 0 Å². The average Bonchev–Trinajstić information content (AvgIpc) is 2.64. The Bertz CT molecular complexity index is 319. The van der Waals surface area contributed by atoms with Crippen molar-refractivity contribution >= 4 is 29.8 Å². The number of hydrogen-bond acceptors (Lipinski definition) is 11. The Morgan fingerprint density at radius 1 is 0.760 bits per heavy atom. The van der Waals surface area contributed by atoms with Crippen molar-refractivity contribution in [1.82, 2.24) is 0 Å². The van der Waals surface area contributed by atoms with Crippen molar-refractivity contribution < 1.29 is 45.6 Å². The first-order chi connectivity index (χ1) is 11.7. The van der Waals surface area contributed by atoms with Crippen LogP contribution >= 0.6 is 23.5 Å². The molecule has 0 aromatic carbocycles. The smallest absolute Gasteiger partial charge is 0.151 e. The van der Waals surface area contributed by atoms with E-state index in [0.717, 1.165) is 11.5 Å². The van der Waals surface area contributed by atoms with Crippen LogP contribution in [0.2, 0.25) is 0 Å². The third-order valence-electron chi connectivity index (χ3n) is 2.94. The molecule has 0 radical (unpaired) electrons. The molecule has 0 rings (SSSR count). The maximum Gasteiger partial charge on any atom is 0.151 e. The Balaban J connectivity index is 0. The predicted octanol–water partition coefficient (Wildman–Crippen LogP) is -2.85. The van der Waals surface area contributed by atoms with Crippen molar-refractivity contribution in [2.45, 2.75) is 55.1 Å². The highest BCUT2D eigenvalue weighted by Gasteiger charge is 2.31. The molecule has 0 amide bonds. The van der Waals surface area contributed by atoms with Gasteiger partial charge in [0.2, 0.25) is 0 Å². The van der Waals surface area contributed by atoms with Gasteiger partial charge in [-0.15, -0.1) is 23.5 Å². The summed E-state index contributed by atoms with van der Waals surface area (Å²) in [5, 5.41) is 71.2. The summed E-state index contributed by atoms with van der Waals surface area (Å²) in [6.45, 7) is 2.70. The number of aldehydes is 1. The monoisotopic (exact) mass is 406 g/mol. The largest absolute Gasteiger partial charge is 0.394 e. The molecule has 152 valence electrons. The first-order valence-electron chi connectivity index (χ1n) is 7.70. The van der Waals surface area contributed by atoms with E-state index in [-0.39, 0.29) is 10.9 Å². The topological polar surface area (TPSA) is 179 Å². The third-order valence-corrected chi connectivity index (χ3v) is 5.64. The summed E-state index contributed by atoms with van der Waals surface area (Å²) in [5.41, 5.74) is 0. The molecule has 0 aliphatic carbocycles. The first-order valence-corrected chi connectivity index (χ1v) is 9.79. The third kappa shape index (κ3) is 11.4. The maximum atomic E-state index is 9.78. The van der Waals surface area contributed by atoms with Crippen molar-refractivity contribution in [3.05, 3.63) is 0 Å². The van der Waals surface area contributed by atoms with Crippen LogP contribution in [0.4, 0.5) is 0 Å². The minimum absolute atomic E-state index is 0.0869. The van der Waals surface area contributed by atoms with Gasteiger partial charge in [0, 0.05) is 0 Å². The summed E-state index contributed by atoms with van der Waals surface area (Å²) in [6, 6.07) is 0. The fourth-order valence-corrected chi connectivity index (χ4v) is 4.06. The number of thioether (sulfide) groups is 2. The van der Waals surface area contributed by atoms with E-state index >= 15 is 0 Å². The van der Waals surface area contributed by atoms with Crippen LogP contribution in [0.15, 0.2) is 0 Å². The van der Waals surface area contributed by atoms with E-state index in [9.17, 15) is 20.1 Å². The second-order valence-electron chi connectivity index (χ2n) is 4.88. The summed E-state index contributed by atoms with van der Waals surface area (Å²) in [6.07, 6.45) is -8.23. The molecule has 0 aromatic heterocycles. The zero-order chi connectivity index (χ0) is 20.0. The van der Waals surface area contributed by atoms with Gasteiger partial charge in [-0.3, -0.25) is 0 Å². The highest BCUT2D eigenvalue weighted by atomic mass is 32.2.